The average molecular weight is 266 g/mol. The maximum atomic E-state index is 11.8. The molecule has 1 amide bonds. The van der Waals surface area contributed by atoms with Gasteiger partial charge in [-0.25, -0.2) is 5.43 Å². The van der Waals surface area contributed by atoms with Crippen molar-refractivity contribution in [3.8, 4) is 17.2 Å². The molecular weight excluding hydrogens is 248 g/mol. The molecule has 0 saturated carbocycles. The number of amides is 1. The van der Waals surface area contributed by atoms with E-state index in [0.29, 0.717) is 5.92 Å². The summed E-state index contributed by atoms with van der Waals surface area (Å²) >= 11 is 0. The van der Waals surface area contributed by atoms with Crippen molar-refractivity contribution in [2.24, 2.45) is 11.0 Å². The van der Waals surface area contributed by atoms with Gasteiger partial charge in [-0.3, -0.25) is 4.79 Å². The topological polar surface area (TPSA) is 102 Å². The summed E-state index contributed by atoms with van der Waals surface area (Å²) < 4.78 is 0. The second-order valence-corrected chi connectivity index (χ2v) is 4.74. The standard InChI is InChI=1S/C13H18N2O4/c1-7(2)4-8(3)14-15-13(19)12-10(17)5-9(16)6-11(12)18/h5-7,16-18H,4H2,1-3H3,(H,15,19). The second-order valence-electron chi connectivity index (χ2n) is 4.74. The van der Waals surface area contributed by atoms with E-state index in [4.69, 9.17) is 5.11 Å². The first-order chi connectivity index (χ1) is 8.81. The summed E-state index contributed by atoms with van der Waals surface area (Å²) in [5.41, 5.74) is 2.67. The lowest BCUT2D eigenvalue weighted by Crippen LogP contribution is -2.19. The van der Waals surface area contributed by atoms with Crippen molar-refractivity contribution in [2.45, 2.75) is 27.2 Å². The van der Waals surface area contributed by atoms with E-state index >= 15 is 0 Å². The third-order valence-electron chi connectivity index (χ3n) is 2.36. The molecule has 1 aromatic rings. The molecule has 1 aromatic carbocycles. The molecule has 6 nitrogen and oxygen atoms in total. The van der Waals surface area contributed by atoms with Gasteiger partial charge in [0, 0.05) is 17.8 Å². The predicted molar refractivity (Wildman–Crippen MR) is 71.5 cm³/mol. The maximum absolute atomic E-state index is 11.8. The van der Waals surface area contributed by atoms with Gasteiger partial charge in [-0.15, -0.1) is 0 Å². The van der Waals surface area contributed by atoms with Crippen molar-refractivity contribution in [3.05, 3.63) is 17.7 Å². The molecule has 4 N–H and O–H groups in total. The number of hydrazone groups is 1. The molecule has 0 radical (unpaired) electrons. The van der Waals surface area contributed by atoms with Crippen molar-refractivity contribution in [2.75, 3.05) is 0 Å². The Balaban J connectivity index is 2.85. The Bertz CT molecular complexity index is 486. The van der Waals surface area contributed by atoms with Crippen LogP contribution in [0.5, 0.6) is 17.2 Å². The molecule has 6 heteroatoms. The molecular formula is C13H18N2O4. The molecule has 0 heterocycles. The number of nitrogens with zero attached hydrogens (tertiary/aromatic N) is 1. The number of aromatic hydroxyl groups is 3. The van der Waals surface area contributed by atoms with Gasteiger partial charge in [0.15, 0.2) is 0 Å². The maximum Gasteiger partial charge on any atom is 0.278 e. The average Bonchev–Trinajstić information content (AvgIpc) is 2.23. The van der Waals surface area contributed by atoms with Gasteiger partial charge in [0.05, 0.1) is 0 Å². The lowest BCUT2D eigenvalue weighted by molar-refractivity contribution is 0.0949. The van der Waals surface area contributed by atoms with Gasteiger partial charge in [0.2, 0.25) is 0 Å². The Hall–Kier alpha value is -2.24. The number of rotatable bonds is 4. The number of phenols is 3. The smallest absolute Gasteiger partial charge is 0.278 e. The number of hydrogen-bond acceptors (Lipinski definition) is 5. The fourth-order valence-electron chi connectivity index (χ4n) is 1.67. The van der Waals surface area contributed by atoms with Crippen molar-refractivity contribution < 1.29 is 20.1 Å². The van der Waals surface area contributed by atoms with Gasteiger partial charge in [-0.1, -0.05) is 13.8 Å². The third kappa shape index (κ3) is 4.17. The normalized spacial score (nSPS) is 11.7. The van der Waals surface area contributed by atoms with Crippen LogP contribution in [0.4, 0.5) is 0 Å². The van der Waals surface area contributed by atoms with Crippen molar-refractivity contribution in [3.63, 3.8) is 0 Å². The zero-order valence-corrected chi connectivity index (χ0v) is 11.1. The minimum atomic E-state index is -0.738. The van der Waals surface area contributed by atoms with E-state index in [0.717, 1.165) is 24.3 Å². The molecule has 0 bridgehead atoms. The van der Waals surface area contributed by atoms with Crippen LogP contribution in [0, 0.1) is 5.92 Å². The summed E-state index contributed by atoms with van der Waals surface area (Å²) in [6.07, 6.45) is 0.730. The molecule has 0 unspecified atom stereocenters. The number of benzene rings is 1. The molecule has 1 rings (SSSR count). The largest absolute Gasteiger partial charge is 0.508 e. The Morgan fingerprint density at radius 2 is 1.79 bits per heavy atom. The monoisotopic (exact) mass is 266 g/mol. The third-order valence-corrected chi connectivity index (χ3v) is 2.36. The van der Waals surface area contributed by atoms with Gasteiger partial charge >= 0.3 is 0 Å². The van der Waals surface area contributed by atoms with Crippen molar-refractivity contribution in [1.82, 2.24) is 5.43 Å². The molecule has 0 aliphatic carbocycles. The Morgan fingerprint density at radius 1 is 1.26 bits per heavy atom. The number of hydrogen-bond donors (Lipinski definition) is 4. The Morgan fingerprint density at radius 3 is 2.26 bits per heavy atom. The van der Waals surface area contributed by atoms with Crippen LogP contribution < -0.4 is 5.43 Å². The molecule has 19 heavy (non-hydrogen) atoms. The molecule has 0 aliphatic heterocycles. The van der Waals surface area contributed by atoms with Crippen LogP contribution in [-0.4, -0.2) is 26.9 Å². The SMILES string of the molecule is CC(CC(C)C)=NNC(=O)c1c(O)cc(O)cc1O. The highest BCUT2D eigenvalue weighted by atomic mass is 16.3. The van der Waals surface area contributed by atoms with E-state index in [1.165, 1.54) is 0 Å². The van der Waals surface area contributed by atoms with Crippen LogP contribution in [0.2, 0.25) is 0 Å². The van der Waals surface area contributed by atoms with Crippen molar-refractivity contribution in [1.29, 1.82) is 0 Å². The van der Waals surface area contributed by atoms with E-state index in [2.05, 4.69) is 10.5 Å². The van der Waals surface area contributed by atoms with E-state index in [1.54, 1.807) is 6.92 Å². The lowest BCUT2D eigenvalue weighted by Gasteiger charge is -2.08. The first kappa shape index (κ1) is 14.8. The summed E-state index contributed by atoms with van der Waals surface area (Å²) in [4.78, 5) is 11.8. The first-order valence-corrected chi connectivity index (χ1v) is 5.89. The van der Waals surface area contributed by atoms with Gasteiger partial charge in [0.25, 0.3) is 5.91 Å². The van der Waals surface area contributed by atoms with E-state index in [-0.39, 0.29) is 11.3 Å². The quantitative estimate of drug-likeness (QED) is 0.494. The van der Waals surface area contributed by atoms with Gasteiger partial charge in [-0.05, 0) is 19.3 Å². The van der Waals surface area contributed by atoms with Crippen LogP contribution in [0.3, 0.4) is 0 Å². The Kier molecular flexibility index (Phi) is 4.74. The first-order valence-electron chi connectivity index (χ1n) is 5.89. The van der Waals surface area contributed by atoms with E-state index in [9.17, 15) is 15.0 Å². The summed E-state index contributed by atoms with van der Waals surface area (Å²) in [5, 5.41) is 32.1. The molecule has 104 valence electrons. The summed E-state index contributed by atoms with van der Waals surface area (Å²) in [6, 6.07) is 1.94. The van der Waals surface area contributed by atoms with E-state index in [1.807, 2.05) is 13.8 Å². The van der Waals surface area contributed by atoms with Crippen LogP contribution in [0.1, 0.15) is 37.6 Å². The highest BCUT2D eigenvalue weighted by molar-refractivity contribution is 6.00. The van der Waals surface area contributed by atoms with Gasteiger partial charge < -0.3 is 15.3 Å². The summed E-state index contributed by atoms with van der Waals surface area (Å²) in [6.45, 7) is 5.83. The fourth-order valence-corrected chi connectivity index (χ4v) is 1.67. The molecule has 0 fully saturated rings. The van der Waals surface area contributed by atoms with Crippen LogP contribution in [-0.2, 0) is 0 Å². The molecule has 0 aliphatic rings. The zero-order valence-electron chi connectivity index (χ0n) is 11.1. The second kappa shape index (κ2) is 6.08. The molecule has 0 aromatic heterocycles. The van der Waals surface area contributed by atoms with E-state index < -0.39 is 17.4 Å². The van der Waals surface area contributed by atoms with Crippen LogP contribution in [0.15, 0.2) is 17.2 Å². The zero-order chi connectivity index (χ0) is 14.6. The van der Waals surface area contributed by atoms with Crippen LogP contribution in [0.25, 0.3) is 0 Å². The molecule has 0 atom stereocenters. The lowest BCUT2D eigenvalue weighted by atomic mass is 10.1. The Labute approximate surface area is 111 Å². The highest BCUT2D eigenvalue weighted by Crippen LogP contribution is 2.31. The fraction of sp³-hybridized carbons (Fsp3) is 0.385. The number of nitrogens with one attached hydrogen (secondary N) is 1. The summed E-state index contributed by atoms with van der Waals surface area (Å²) in [5.74, 6) is -1.67. The van der Waals surface area contributed by atoms with Gasteiger partial charge in [0.1, 0.15) is 22.8 Å². The number of carbonyl (C=O) groups excluding carboxylic acids is 1. The molecule has 0 saturated heterocycles. The number of phenolic OH excluding ortho intramolecular Hbond substituents is 3. The number of carbonyl (C=O) groups is 1. The minimum Gasteiger partial charge on any atom is -0.508 e. The highest BCUT2D eigenvalue weighted by Gasteiger charge is 2.17. The van der Waals surface area contributed by atoms with Crippen LogP contribution >= 0.6 is 0 Å². The minimum absolute atomic E-state index is 0.320. The van der Waals surface area contributed by atoms with Gasteiger partial charge in [-0.2, -0.15) is 5.10 Å². The van der Waals surface area contributed by atoms with Crippen molar-refractivity contribution >= 4 is 11.6 Å². The molecule has 0 spiro atoms. The predicted octanol–water partition coefficient (Wildman–Crippen LogP) is 1.96. The summed E-state index contributed by atoms with van der Waals surface area (Å²) in [7, 11) is 0.